The van der Waals surface area contributed by atoms with E-state index in [-0.39, 0.29) is 91.4 Å². The third kappa shape index (κ3) is 23.3. The average molecular weight is 987 g/mol. The molecule has 62 heavy (non-hydrogen) atoms. The van der Waals surface area contributed by atoms with Gasteiger partial charge in [-0.1, -0.05) is 75.1 Å². The first-order valence-electron chi connectivity index (χ1n) is 16.5. The number of rotatable bonds is 5. The Morgan fingerprint density at radius 2 is 1.24 bits per heavy atom. The van der Waals surface area contributed by atoms with Gasteiger partial charge in [-0.25, -0.2) is 19.0 Å². The third-order valence-electron chi connectivity index (χ3n) is 6.62. The van der Waals surface area contributed by atoms with Crippen molar-refractivity contribution in [2.45, 2.75) is 76.2 Å². The van der Waals surface area contributed by atoms with Crippen LogP contribution < -0.4 is 62.9 Å². The van der Waals surface area contributed by atoms with Gasteiger partial charge in [0, 0.05) is 6.29 Å². The molecule has 332 valence electrons. The molecular formula is C37H46Cl5KN12O7. The first-order chi connectivity index (χ1) is 27.9. The molecule has 0 radical (unpaired) electrons. The molecule has 0 aliphatic rings. The number of carbonyl (C=O) groups is 2. The Bertz CT molecular complexity index is 2280. The number of imidazole rings is 2. The molecule has 6 heterocycles. The second kappa shape index (κ2) is 35.3. The number of hydrogen-bond donors (Lipinski definition) is 2. The van der Waals surface area contributed by atoms with Gasteiger partial charge in [-0.05, 0) is 94.0 Å². The van der Waals surface area contributed by atoms with Gasteiger partial charge in [-0.2, -0.15) is 29.4 Å². The zero-order valence-electron chi connectivity index (χ0n) is 33.5. The van der Waals surface area contributed by atoms with E-state index in [1.807, 2.05) is 52.2 Å². The number of esters is 1. The quantitative estimate of drug-likeness (QED) is 0.0806. The molecule has 0 atom stereocenters. The van der Waals surface area contributed by atoms with Crippen molar-refractivity contribution < 1.29 is 84.9 Å². The summed E-state index contributed by atoms with van der Waals surface area (Å²) in [5, 5.41) is 24.0. The zero-order valence-corrected chi connectivity index (χ0v) is 40.4. The molecule has 0 aromatic carbocycles. The van der Waals surface area contributed by atoms with Gasteiger partial charge < -0.3 is 32.6 Å². The smallest absolute Gasteiger partial charge is 0.487 e. The van der Waals surface area contributed by atoms with Gasteiger partial charge in [0.25, 0.3) is 0 Å². The number of aldehydes is 1. The van der Waals surface area contributed by atoms with Crippen LogP contribution in [-0.2, 0) is 46.3 Å². The monoisotopic (exact) mass is 984 g/mol. The minimum atomic E-state index is -0.769. The Kier molecular flexibility index (Phi) is 36.7. The second-order valence-electron chi connectivity index (χ2n) is 10.8. The van der Waals surface area contributed by atoms with Crippen LogP contribution in [0.3, 0.4) is 0 Å². The Balaban J connectivity index is -0.000000328. The molecule has 4 N–H and O–H groups in total. The molecule has 0 spiro atoms. The molecule has 19 nitrogen and oxygen atoms in total. The summed E-state index contributed by atoms with van der Waals surface area (Å²) in [6.07, 6.45) is 6.24. The van der Waals surface area contributed by atoms with Crippen LogP contribution in [0.15, 0.2) is 36.7 Å². The van der Waals surface area contributed by atoms with Gasteiger partial charge in [0.05, 0.1) is 30.4 Å². The van der Waals surface area contributed by atoms with Crippen LogP contribution in [0.1, 0.15) is 69.3 Å². The first-order valence-corrected chi connectivity index (χ1v) is 18.4. The zero-order chi connectivity index (χ0) is 45.2. The predicted molar refractivity (Wildman–Crippen MR) is 232 cm³/mol. The topological polar surface area (TPSA) is 276 Å². The number of nitrogen functional groups attached to an aromatic ring is 2. The maximum absolute atomic E-state index is 10.4. The molecule has 0 aliphatic carbocycles. The second-order valence-corrected chi connectivity index (χ2v) is 12.7. The van der Waals surface area contributed by atoms with Crippen LogP contribution in [0, 0.1) is 33.1 Å². The van der Waals surface area contributed by atoms with Gasteiger partial charge in [0.15, 0.2) is 32.7 Å². The van der Waals surface area contributed by atoms with E-state index in [1.165, 1.54) is 0 Å². The summed E-state index contributed by atoms with van der Waals surface area (Å²) in [6.45, 7) is 13.6. The number of aromatic nitrogens is 10. The molecular weight excluding hydrogens is 941 g/mol. The van der Waals surface area contributed by atoms with Crippen molar-refractivity contribution >= 4 is 105 Å². The van der Waals surface area contributed by atoms with Gasteiger partial charge in [-0.15, -0.1) is 25.8 Å². The van der Waals surface area contributed by atoms with Crippen molar-refractivity contribution in [1.29, 1.82) is 0 Å². The normalized spacial score (nSPS) is 8.84. The number of carbonyl (C=O) groups excluding carboxylic acids is 6. The van der Waals surface area contributed by atoms with E-state index >= 15 is 0 Å². The predicted octanol–water partition coefficient (Wildman–Crippen LogP) is 4.18. The van der Waals surface area contributed by atoms with E-state index in [4.69, 9.17) is 88.7 Å². The molecule has 0 saturated carbocycles. The third-order valence-corrected chi connectivity index (χ3v) is 7.98. The number of nitrogens with zero attached hydrogens (tertiary/aromatic N) is 10. The molecule has 0 bridgehead atoms. The van der Waals surface area contributed by atoms with Crippen LogP contribution in [0.5, 0.6) is 0 Å². The number of nitrogens with two attached hydrogens (primary N) is 2. The van der Waals surface area contributed by atoms with Crippen LogP contribution in [0.2, 0.25) is 20.6 Å². The van der Waals surface area contributed by atoms with Gasteiger partial charge >= 0.3 is 63.7 Å². The van der Waals surface area contributed by atoms with Crippen LogP contribution >= 0.6 is 58.0 Å². The largest absolute Gasteiger partial charge is 1.00 e. The number of halogens is 5. The van der Waals surface area contributed by atoms with Gasteiger partial charge in [0.1, 0.15) is 16.8 Å². The van der Waals surface area contributed by atoms with Crippen LogP contribution in [0.4, 0.5) is 11.6 Å². The van der Waals surface area contributed by atoms with Crippen molar-refractivity contribution in [3.05, 3.63) is 96.3 Å². The Morgan fingerprint density at radius 3 is 1.71 bits per heavy atom. The summed E-state index contributed by atoms with van der Waals surface area (Å²) in [5.74, 6) is 0.0606. The van der Waals surface area contributed by atoms with Gasteiger partial charge in [0.2, 0.25) is 0 Å². The maximum atomic E-state index is 10.4. The molecule has 0 saturated heterocycles. The van der Waals surface area contributed by atoms with Crippen LogP contribution in [-0.4, -0.2) is 80.8 Å². The van der Waals surface area contributed by atoms with Crippen molar-refractivity contribution in [2.75, 3.05) is 18.1 Å². The fraction of sp³-hybridized carbons (Fsp3) is 0.324. The molecule has 6 aromatic rings. The van der Waals surface area contributed by atoms with Crippen molar-refractivity contribution in [3.63, 3.8) is 0 Å². The average Bonchev–Trinajstić information content (AvgIpc) is 3.80. The van der Waals surface area contributed by atoms with Crippen molar-refractivity contribution in [2.24, 2.45) is 0 Å². The minimum absolute atomic E-state index is 0. The summed E-state index contributed by atoms with van der Waals surface area (Å²) in [4.78, 5) is 61.1. The molecule has 0 amide bonds. The van der Waals surface area contributed by atoms with E-state index in [2.05, 4.69) is 59.1 Å². The summed E-state index contributed by atoms with van der Waals surface area (Å²) in [7, 11) is 0. The van der Waals surface area contributed by atoms with E-state index in [0.29, 0.717) is 32.2 Å². The van der Waals surface area contributed by atoms with E-state index in [0.717, 1.165) is 57.8 Å². The van der Waals surface area contributed by atoms with Crippen molar-refractivity contribution in [1.82, 2.24) is 49.6 Å². The minimum Gasteiger partial charge on any atom is -0.487 e. The Labute approximate surface area is 426 Å². The summed E-state index contributed by atoms with van der Waals surface area (Å²) < 4.78 is 7.95. The molecule has 0 fully saturated rings. The standard InChI is InChI=1S/2C9H10ClN3.2C5H6ClN3.C5H6ClO3.2CO2.2CH4.K/c1-3-7-5-11-8-4-6(2)9(10)12-13(7)8;1-3-7-5-11-9-6(2)4-8(10)12-13(7)9;1-3-2-4(7)8-9-5(3)6;1-3-2-4(6)8-9-5(3)7;1-2-9-5(8)4(6)3-7;2*2-1-3;;;/h2*4-5H,3H2,1-2H3;2H,1H3,(H2,7,8);2H,1H3,(H2,7,9);3H,2H2,1H3;;;2*1H4;/q;;;;-1;;;;;+1. The SMILES string of the molecule is C.C.CCOC(=O)[C-](Cl)C=O.CCc1cnc2c(C)cc(Cl)nn12.CCc1cnc2cc(C)c(Cl)nn12.Cc1cc(Cl)nnc1N.Cc1cc(N)nnc1Cl.O=C=O.O=C=O.[K+]. The Hall–Kier alpha value is -4.14. The van der Waals surface area contributed by atoms with Crippen LogP contribution in [0.25, 0.3) is 11.3 Å². The summed E-state index contributed by atoms with van der Waals surface area (Å²) >= 11 is 27.9. The van der Waals surface area contributed by atoms with E-state index in [9.17, 15) is 9.59 Å². The fourth-order valence-corrected chi connectivity index (χ4v) is 4.56. The fourth-order valence-electron chi connectivity index (χ4n) is 3.84. The number of hydrogen-bond acceptors (Lipinski definition) is 17. The van der Waals surface area contributed by atoms with E-state index < -0.39 is 11.3 Å². The molecule has 0 aliphatic heterocycles. The molecule has 0 unspecified atom stereocenters. The van der Waals surface area contributed by atoms with E-state index in [1.54, 1.807) is 28.1 Å². The molecule has 6 rings (SSSR count). The van der Waals surface area contributed by atoms with Crippen molar-refractivity contribution in [3.8, 4) is 0 Å². The number of fused-ring (bicyclic) bond motifs is 2. The molecule has 25 heteroatoms. The van der Waals surface area contributed by atoms with Gasteiger partial charge in [-0.3, -0.25) is 4.79 Å². The number of ether oxygens (including phenoxy) is 1. The summed E-state index contributed by atoms with van der Waals surface area (Å²) in [5.41, 5.74) is 18.3. The first kappa shape index (κ1) is 64.5. The summed E-state index contributed by atoms with van der Waals surface area (Å²) in [6, 6.07) is 7.11. The molecule has 6 aromatic heterocycles. The Morgan fingerprint density at radius 1 is 0.726 bits per heavy atom. The number of aryl methyl sites for hydroxylation is 6. The maximum Gasteiger partial charge on any atom is 1.00 e. The number of anilines is 2.